The summed E-state index contributed by atoms with van der Waals surface area (Å²) >= 11 is 0. The van der Waals surface area contributed by atoms with Crippen LogP contribution in [0.15, 0.2) is 0 Å². The minimum atomic E-state index is -0.490. The van der Waals surface area contributed by atoms with Crippen molar-refractivity contribution >= 4 is 11.8 Å². The van der Waals surface area contributed by atoms with Crippen LogP contribution in [0.25, 0.3) is 0 Å². The Kier molecular flexibility index (Phi) is 2.68. The normalized spacial score (nSPS) is 23.8. The van der Waals surface area contributed by atoms with Gasteiger partial charge in [0.2, 0.25) is 11.8 Å². The zero-order chi connectivity index (χ0) is 9.14. The third kappa shape index (κ3) is 1.75. The van der Waals surface area contributed by atoms with E-state index in [1.165, 1.54) is 11.8 Å². The summed E-state index contributed by atoms with van der Waals surface area (Å²) in [4.78, 5) is 23.4. The van der Waals surface area contributed by atoms with Gasteiger partial charge in [-0.05, 0) is 19.3 Å². The minimum absolute atomic E-state index is 0.0882. The average molecular weight is 169 g/mol. The molecule has 1 saturated heterocycles. The molecule has 0 saturated carbocycles. The van der Waals surface area contributed by atoms with E-state index in [1.54, 1.807) is 6.42 Å². The molecule has 1 fully saturated rings. The quantitative estimate of drug-likeness (QED) is 0.585. The molecule has 0 aromatic rings. The molecular formula is C8H13N2O2. The van der Waals surface area contributed by atoms with Crippen LogP contribution in [-0.2, 0) is 9.59 Å². The maximum absolute atomic E-state index is 11.0. The van der Waals surface area contributed by atoms with Crippen molar-refractivity contribution in [3.05, 3.63) is 6.42 Å². The fraction of sp³-hybridized carbons (Fsp3) is 0.625. The van der Waals surface area contributed by atoms with E-state index in [4.69, 9.17) is 5.73 Å². The van der Waals surface area contributed by atoms with Gasteiger partial charge in [0, 0.05) is 13.5 Å². The maximum atomic E-state index is 11.0. The van der Waals surface area contributed by atoms with Crippen LogP contribution in [0.4, 0.5) is 0 Å². The van der Waals surface area contributed by atoms with Crippen LogP contribution in [-0.4, -0.2) is 29.3 Å². The zero-order valence-electron chi connectivity index (χ0n) is 7.12. The fourth-order valence-corrected chi connectivity index (χ4v) is 1.43. The summed E-state index contributed by atoms with van der Waals surface area (Å²) in [6.45, 7) is 2.09. The number of likely N-dealkylation sites (tertiary alicyclic amines) is 1. The van der Waals surface area contributed by atoms with Crippen LogP contribution in [0.3, 0.4) is 0 Å². The molecular weight excluding hydrogens is 156 g/mol. The van der Waals surface area contributed by atoms with Crippen LogP contribution in [0, 0.1) is 6.42 Å². The van der Waals surface area contributed by atoms with Gasteiger partial charge in [0.05, 0.1) is 0 Å². The number of nitrogens with two attached hydrogens (primary N) is 1. The summed E-state index contributed by atoms with van der Waals surface area (Å²) in [5.41, 5.74) is 5.13. The molecule has 0 aromatic carbocycles. The van der Waals surface area contributed by atoms with Crippen molar-refractivity contribution in [2.75, 3.05) is 6.54 Å². The van der Waals surface area contributed by atoms with Gasteiger partial charge in [-0.15, -0.1) is 0 Å². The molecule has 12 heavy (non-hydrogen) atoms. The molecule has 1 aliphatic heterocycles. The van der Waals surface area contributed by atoms with Crippen molar-refractivity contribution in [1.82, 2.24) is 4.90 Å². The first kappa shape index (κ1) is 9.03. The van der Waals surface area contributed by atoms with Gasteiger partial charge in [-0.2, -0.15) is 0 Å². The predicted octanol–water partition coefficient (Wildman–Crippen LogP) is -0.313. The maximum Gasteiger partial charge on any atom is 0.240 e. The monoisotopic (exact) mass is 169 g/mol. The number of hydrogen-bond acceptors (Lipinski definition) is 2. The second kappa shape index (κ2) is 3.56. The lowest BCUT2D eigenvalue weighted by Crippen LogP contribution is -2.50. The number of primary amides is 1. The highest BCUT2D eigenvalue weighted by molar-refractivity contribution is 5.87. The smallest absolute Gasteiger partial charge is 0.240 e. The molecule has 1 radical (unpaired) electrons. The average Bonchev–Trinajstić information content (AvgIpc) is 2.04. The summed E-state index contributed by atoms with van der Waals surface area (Å²) in [6.07, 6.45) is 3.58. The molecule has 2 amide bonds. The standard InChI is InChI=1S/C8H13N2O2/c1-6(11)10-5-3-2-4-7(10)8(9)12/h4,7H,2-3,5H2,1H3,(H2,9,12). The predicted molar refractivity (Wildman–Crippen MR) is 43.9 cm³/mol. The van der Waals surface area contributed by atoms with Crippen molar-refractivity contribution in [3.63, 3.8) is 0 Å². The minimum Gasteiger partial charge on any atom is -0.368 e. The lowest BCUT2D eigenvalue weighted by atomic mass is 10.0. The van der Waals surface area contributed by atoms with Crippen molar-refractivity contribution in [3.8, 4) is 0 Å². The second-order valence-corrected chi connectivity index (χ2v) is 2.94. The van der Waals surface area contributed by atoms with Gasteiger partial charge in [-0.3, -0.25) is 9.59 Å². The Morgan fingerprint density at radius 2 is 2.25 bits per heavy atom. The zero-order valence-corrected chi connectivity index (χ0v) is 7.12. The number of nitrogens with zero attached hydrogens (tertiary/aromatic N) is 1. The van der Waals surface area contributed by atoms with Gasteiger partial charge in [0.1, 0.15) is 6.04 Å². The molecule has 4 nitrogen and oxygen atoms in total. The highest BCUT2D eigenvalue weighted by Crippen LogP contribution is 2.15. The molecule has 4 heteroatoms. The first-order chi connectivity index (χ1) is 5.63. The van der Waals surface area contributed by atoms with Gasteiger partial charge in [0.25, 0.3) is 0 Å². The van der Waals surface area contributed by atoms with E-state index in [0.29, 0.717) is 6.54 Å². The van der Waals surface area contributed by atoms with Crippen molar-refractivity contribution in [2.24, 2.45) is 5.73 Å². The van der Waals surface area contributed by atoms with E-state index >= 15 is 0 Å². The number of rotatable bonds is 1. The number of carbonyl (C=O) groups excluding carboxylic acids is 2. The largest absolute Gasteiger partial charge is 0.368 e. The van der Waals surface area contributed by atoms with Gasteiger partial charge < -0.3 is 10.6 Å². The van der Waals surface area contributed by atoms with Gasteiger partial charge >= 0.3 is 0 Å². The van der Waals surface area contributed by atoms with Crippen molar-refractivity contribution in [2.45, 2.75) is 25.8 Å². The number of hydrogen-bond donors (Lipinski definition) is 1. The Balaban J connectivity index is 2.67. The molecule has 2 N–H and O–H groups in total. The summed E-state index contributed by atoms with van der Waals surface area (Å²) in [7, 11) is 0. The molecule has 67 valence electrons. The van der Waals surface area contributed by atoms with Crippen LogP contribution in [0.5, 0.6) is 0 Å². The topological polar surface area (TPSA) is 63.4 Å². The second-order valence-electron chi connectivity index (χ2n) is 2.94. The molecule has 1 aliphatic rings. The lowest BCUT2D eigenvalue weighted by molar-refractivity contribution is -0.137. The first-order valence-electron chi connectivity index (χ1n) is 4.03. The first-order valence-corrected chi connectivity index (χ1v) is 4.03. The van der Waals surface area contributed by atoms with Crippen molar-refractivity contribution < 1.29 is 9.59 Å². The molecule has 0 bridgehead atoms. The molecule has 1 heterocycles. The van der Waals surface area contributed by atoms with Gasteiger partial charge in [0.15, 0.2) is 0 Å². The van der Waals surface area contributed by atoms with Crippen molar-refractivity contribution in [1.29, 1.82) is 0 Å². The molecule has 1 rings (SSSR count). The van der Waals surface area contributed by atoms with E-state index in [-0.39, 0.29) is 5.91 Å². The Hall–Kier alpha value is -1.06. The Morgan fingerprint density at radius 1 is 1.58 bits per heavy atom. The summed E-state index contributed by atoms with van der Waals surface area (Å²) < 4.78 is 0. The SMILES string of the molecule is CC(=O)N1CCC[CH]C1C(N)=O. The van der Waals surface area contributed by atoms with E-state index in [0.717, 1.165) is 12.8 Å². The third-order valence-electron chi connectivity index (χ3n) is 2.02. The van der Waals surface area contributed by atoms with Crippen LogP contribution in [0.2, 0.25) is 0 Å². The van der Waals surface area contributed by atoms with E-state index in [9.17, 15) is 9.59 Å². The lowest BCUT2D eigenvalue weighted by Gasteiger charge is -2.32. The van der Waals surface area contributed by atoms with Crippen LogP contribution >= 0.6 is 0 Å². The third-order valence-corrected chi connectivity index (χ3v) is 2.02. The Morgan fingerprint density at radius 3 is 2.67 bits per heavy atom. The summed E-state index contributed by atoms with van der Waals surface area (Å²) in [5.74, 6) is -0.528. The van der Waals surface area contributed by atoms with Crippen LogP contribution < -0.4 is 5.73 Å². The van der Waals surface area contributed by atoms with Gasteiger partial charge in [-0.1, -0.05) is 0 Å². The molecule has 0 aliphatic carbocycles. The summed E-state index contributed by atoms with van der Waals surface area (Å²) in [6, 6.07) is -0.490. The highest BCUT2D eigenvalue weighted by atomic mass is 16.2. The molecule has 1 atom stereocenters. The Labute approximate surface area is 71.7 Å². The molecule has 1 unspecified atom stereocenters. The van der Waals surface area contributed by atoms with E-state index in [1.807, 2.05) is 0 Å². The van der Waals surface area contributed by atoms with E-state index in [2.05, 4.69) is 0 Å². The number of amides is 2. The Bertz CT molecular complexity index is 181. The van der Waals surface area contributed by atoms with Gasteiger partial charge in [-0.25, -0.2) is 0 Å². The molecule has 0 spiro atoms. The number of carbonyl (C=O) groups is 2. The fourth-order valence-electron chi connectivity index (χ4n) is 1.43. The number of piperidine rings is 1. The molecule has 0 aromatic heterocycles. The van der Waals surface area contributed by atoms with Crippen LogP contribution in [0.1, 0.15) is 19.8 Å². The summed E-state index contributed by atoms with van der Waals surface area (Å²) in [5, 5.41) is 0. The highest BCUT2D eigenvalue weighted by Gasteiger charge is 2.28. The van der Waals surface area contributed by atoms with E-state index < -0.39 is 11.9 Å².